The lowest BCUT2D eigenvalue weighted by molar-refractivity contribution is -0.384. The molecule has 2 rings (SSSR count). The molecule has 2 aromatic carbocycles. The minimum atomic E-state index is -0.652. The van der Waals surface area contributed by atoms with Gasteiger partial charge in [-0.1, -0.05) is 30.3 Å². The SMILES string of the molecule is Cc1ccccc1OCC(=O)NCC(=O)OCc1cccc([N+](=O)[O-])c1. The standard InChI is InChI=1S/C18H18N2O6/c1-13-5-2-3-8-16(13)25-12-17(21)19-10-18(22)26-11-14-6-4-7-15(9-14)20(23)24/h2-9H,10-12H2,1H3,(H,19,21). The van der Waals surface area contributed by atoms with E-state index in [4.69, 9.17) is 9.47 Å². The molecule has 1 N–H and O–H groups in total. The normalized spacial score (nSPS) is 10.0. The van der Waals surface area contributed by atoms with Crippen LogP contribution < -0.4 is 10.1 Å². The van der Waals surface area contributed by atoms with Gasteiger partial charge in [0.2, 0.25) is 0 Å². The van der Waals surface area contributed by atoms with Crippen LogP contribution in [-0.4, -0.2) is 30.0 Å². The Bertz CT molecular complexity index is 806. The van der Waals surface area contributed by atoms with Crippen LogP contribution in [0.3, 0.4) is 0 Å². The van der Waals surface area contributed by atoms with E-state index in [0.29, 0.717) is 11.3 Å². The van der Waals surface area contributed by atoms with E-state index in [0.717, 1.165) is 5.56 Å². The average Bonchev–Trinajstić information content (AvgIpc) is 2.64. The third-order valence-electron chi connectivity index (χ3n) is 3.40. The first-order valence-corrected chi connectivity index (χ1v) is 7.80. The number of hydrogen-bond acceptors (Lipinski definition) is 6. The first-order chi connectivity index (χ1) is 12.5. The molecule has 0 saturated heterocycles. The molecule has 0 bridgehead atoms. The van der Waals surface area contributed by atoms with Crippen molar-refractivity contribution in [3.05, 3.63) is 69.8 Å². The second-order valence-electron chi connectivity index (χ2n) is 5.42. The van der Waals surface area contributed by atoms with Gasteiger partial charge in [0, 0.05) is 12.1 Å². The van der Waals surface area contributed by atoms with E-state index in [1.165, 1.54) is 18.2 Å². The maximum Gasteiger partial charge on any atom is 0.325 e. The van der Waals surface area contributed by atoms with E-state index in [2.05, 4.69) is 5.32 Å². The van der Waals surface area contributed by atoms with Gasteiger partial charge in [0.05, 0.1) is 4.92 Å². The number of carbonyl (C=O) groups excluding carboxylic acids is 2. The number of para-hydroxylation sites is 1. The predicted octanol–water partition coefficient (Wildman–Crippen LogP) is 2.14. The lowest BCUT2D eigenvalue weighted by atomic mass is 10.2. The number of nitro benzene ring substituents is 1. The monoisotopic (exact) mass is 358 g/mol. The maximum absolute atomic E-state index is 11.7. The lowest BCUT2D eigenvalue weighted by Gasteiger charge is -2.09. The Balaban J connectivity index is 1.71. The van der Waals surface area contributed by atoms with Crippen molar-refractivity contribution in [3.63, 3.8) is 0 Å². The third kappa shape index (κ3) is 5.90. The van der Waals surface area contributed by atoms with Gasteiger partial charge in [0.25, 0.3) is 11.6 Å². The number of nitro groups is 1. The number of non-ortho nitro benzene ring substituents is 1. The zero-order valence-electron chi connectivity index (χ0n) is 14.1. The maximum atomic E-state index is 11.7. The van der Waals surface area contributed by atoms with E-state index in [-0.39, 0.29) is 25.4 Å². The molecule has 1 amide bonds. The number of benzene rings is 2. The van der Waals surface area contributed by atoms with Crippen LogP contribution in [0.1, 0.15) is 11.1 Å². The molecule has 0 aliphatic heterocycles. The second-order valence-corrected chi connectivity index (χ2v) is 5.42. The van der Waals surface area contributed by atoms with Crippen LogP contribution in [0, 0.1) is 17.0 Å². The van der Waals surface area contributed by atoms with Crippen molar-refractivity contribution in [3.8, 4) is 5.75 Å². The zero-order valence-corrected chi connectivity index (χ0v) is 14.1. The van der Waals surface area contributed by atoms with Gasteiger partial charge in [-0.15, -0.1) is 0 Å². The number of aryl methyl sites for hydroxylation is 1. The van der Waals surface area contributed by atoms with Gasteiger partial charge >= 0.3 is 5.97 Å². The molecule has 0 unspecified atom stereocenters. The summed E-state index contributed by atoms with van der Waals surface area (Å²) in [5, 5.41) is 13.1. The highest BCUT2D eigenvalue weighted by Gasteiger charge is 2.10. The number of ether oxygens (including phenoxy) is 2. The van der Waals surface area contributed by atoms with Crippen molar-refractivity contribution in [1.82, 2.24) is 5.32 Å². The summed E-state index contributed by atoms with van der Waals surface area (Å²) in [6.45, 7) is 1.21. The minimum absolute atomic E-state index is 0.0831. The lowest BCUT2D eigenvalue weighted by Crippen LogP contribution is -2.34. The molecule has 8 nitrogen and oxygen atoms in total. The van der Waals surface area contributed by atoms with Crippen molar-refractivity contribution >= 4 is 17.6 Å². The summed E-state index contributed by atoms with van der Waals surface area (Å²) in [6, 6.07) is 13.0. The van der Waals surface area contributed by atoms with Crippen LogP contribution in [0.25, 0.3) is 0 Å². The van der Waals surface area contributed by atoms with Crippen molar-refractivity contribution in [1.29, 1.82) is 0 Å². The summed E-state index contributed by atoms with van der Waals surface area (Å²) in [7, 11) is 0. The summed E-state index contributed by atoms with van der Waals surface area (Å²) in [5.41, 5.74) is 1.30. The number of nitrogens with zero attached hydrogens (tertiary/aromatic N) is 1. The van der Waals surface area contributed by atoms with E-state index in [1.807, 2.05) is 19.1 Å². The van der Waals surface area contributed by atoms with Crippen LogP contribution in [0.15, 0.2) is 48.5 Å². The molecule has 0 aromatic heterocycles. The Labute approximate surface area is 149 Å². The Morgan fingerprint density at radius 3 is 2.65 bits per heavy atom. The van der Waals surface area contributed by atoms with Gasteiger partial charge in [-0.25, -0.2) is 0 Å². The molecule has 2 aromatic rings. The van der Waals surface area contributed by atoms with Crippen molar-refractivity contribution in [2.24, 2.45) is 0 Å². The highest BCUT2D eigenvalue weighted by Crippen LogP contribution is 2.16. The number of amides is 1. The van der Waals surface area contributed by atoms with Crippen LogP contribution in [-0.2, 0) is 20.9 Å². The third-order valence-corrected chi connectivity index (χ3v) is 3.40. The molecular formula is C18H18N2O6. The van der Waals surface area contributed by atoms with E-state index < -0.39 is 16.8 Å². The van der Waals surface area contributed by atoms with Crippen LogP contribution in [0.4, 0.5) is 5.69 Å². The molecule has 8 heteroatoms. The van der Waals surface area contributed by atoms with Crippen LogP contribution >= 0.6 is 0 Å². The molecule has 0 heterocycles. The number of rotatable bonds is 8. The molecule has 0 atom stereocenters. The molecule has 0 aliphatic rings. The Morgan fingerprint density at radius 1 is 1.15 bits per heavy atom. The van der Waals surface area contributed by atoms with Gasteiger partial charge in [0.1, 0.15) is 18.9 Å². The van der Waals surface area contributed by atoms with Crippen molar-refractivity contribution < 1.29 is 24.0 Å². The van der Waals surface area contributed by atoms with Gasteiger partial charge in [-0.05, 0) is 24.1 Å². The number of hydrogen-bond donors (Lipinski definition) is 1. The highest BCUT2D eigenvalue weighted by molar-refractivity contribution is 5.82. The van der Waals surface area contributed by atoms with Gasteiger partial charge in [-0.3, -0.25) is 19.7 Å². The van der Waals surface area contributed by atoms with Crippen LogP contribution in [0.5, 0.6) is 5.75 Å². The van der Waals surface area contributed by atoms with E-state index >= 15 is 0 Å². The highest BCUT2D eigenvalue weighted by atomic mass is 16.6. The molecule has 136 valence electrons. The Kier molecular flexibility index (Phi) is 6.67. The summed E-state index contributed by atoms with van der Waals surface area (Å²) in [4.78, 5) is 33.5. The summed E-state index contributed by atoms with van der Waals surface area (Å²) in [6.07, 6.45) is 0. The predicted molar refractivity (Wildman–Crippen MR) is 92.6 cm³/mol. The fourth-order valence-corrected chi connectivity index (χ4v) is 2.06. The summed E-state index contributed by atoms with van der Waals surface area (Å²) in [5.74, 6) is -0.516. The molecule has 0 spiro atoms. The van der Waals surface area contributed by atoms with Crippen molar-refractivity contribution in [2.45, 2.75) is 13.5 Å². The first kappa shape index (κ1) is 18.9. The Hall–Kier alpha value is -3.42. The van der Waals surface area contributed by atoms with E-state index in [9.17, 15) is 19.7 Å². The van der Waals surface area contributed by atoms with Gasteiger partial charge < -0.3 is 14.8 Å². The van der Waals surface area contributed by atoms with Gasteiger partial charge in [-0.2, -0.15) is 0 Å². The smallest absolute Gasteiger partial charge is 0.325 e. The zero-order chi connectivity index (χ0) is 18.9. The number of nitrogens with one attached hydrogen (secondary N) is 1. The quantitative estimate of drug-likeness (QED) is 0.440. The molecular weight excluding hydrogens is 340 g/mol. The number of esters is 1. The number of carbonyl (C=O) groups is 2. The second kappa shape index (κ2) is 9.16. The largest absolute Gasteiger partial charge is 0.484 e. The van der Waals surface area contributed by atoms with Crippen LogP contribution in [0.2, 0.25) is 0 Å². The fraction of sp³-hybridized carbons (Fsp3) is 0.222. The average molecular weight is 358 g/mol. The van der Waals surface area contributed by atoms with Crippen molar-refractivity contribution in [2.75, 3.05) is 13.2 Å². The summed E-state index contributed by atoms with van der Waals surface area (Å²) >= 11 is 0. The summed E-state index contributed by atoms with van der Waals surface area (Å²) < 4.78 is 10.3. The molecule has 0 fully saturated rings. The topological polar surface area (TPSA) is 108 Å². The molecule has 26 heavy (non-hydrogen) atoms. The first-order valence-electron chi connectivity index (χ1n) is 7.80. The fourth-order valence-electron chi connectivity index (χ4n) is 2.06. The minimum Gasteiger partial charge on any atom is -0.484 e. The van der Waals surface area contributed by atoms with E-state index in [1.54, 1.807) is 18.2 Å². The molecule has 0 radical (unpaired) electrons. The Morgan fingerprint density at radius 2 is 1.92 bits per heavy atom. The molecule has 0 saturated carbocycles. The molecule has 0 aliphatic carbocycles. The van der Waals surface area contributed by atoms with Gasteiger partial charge in [0.15, 0.2) is 6.61 Å².